The third-order valence-corrected chi connectivity index (χ3v) is 11.0. The van der Waals surface area contributed by atoms with E-state index in [0.29, 0.717) is 44.1 Å². The smallest absolute Gasteiger partial charge is 0.274 e. The molecule has 4 N–H and O–H groups in total. The maximum atomic E-state index is 13.5. The van der Waals surface area contributed by atoms with Crippen LogP contribution in [0, 0.1) is 6.92 Å². The van der Waals surface area contributed by atoms with Crippen LogP contribution in [0.15, 0.2) is 144 Å². The second-order valence-electron chi connectivity index (χ2n) is 13.1. The van der Waals surface area contributed by atoms with Crippen molar-refractivity contribution in [3.63, 3.8) is 0 Å². The topological polar surface area (TPSA) is 208 Å². The second kappa shape index (κ2) is 17.0. The summed E-state index contributed by atoms with van der Waals surface area (Å²) in [5, 5.41) is 11.5. The van der Waals surface area contributed by atoms with E-state index < -0.39 is 31.9 Å². The molecule has 61 heavy (non-hydrogen) atoms. The summed E-state index contributed by atoms with van der Waals surface area (Å²) in [5.74, 6) is 0.197. The van der Waals surface area contributed by atoms with Gasteiger partial charge in [0.25, 0.3) is 0 Å². The lowest BCUT2D eigenvalue weighted by Crippen LogP contribution is -2.12. The summed E-state index contributed by atoms with van der Waals surface area (Å²) in [4.78, 5) is 25.4. The summed E-state index contributed by atoms with van der Waals surface area (Å²) in [6.45, 7) is 1.89. The van der Waals surface area contributed by atoms with Crippen LogP contribution in [0.1, 0.15) is 11.4 Å². The largest absolute Gasteiger partial charge is 0.433 e. The molecule has 0 saturated heterocycles. The molecule has 0 radical (unpaired) electrons. The third kappa shape index (κ3) is 10.3. The fraction of sp³-hybridized carbons (Fsp3) is 0.0500. The summed E-state index contributed by atoms with van der Waals surface area (Å²) in [6.07, 6.45) is 1.25. The summed E-state index contributed by atoms with van der Waals surface area (Å²) in [5.41, 5.74) is 3.72. The first-order valence-corrected chi connectivity index (χ1v) is 21.3. The molecule has 4 aromatic carbocycles. The zero-order valence-corrected chi connectivity index (χ0v) is 34.4. The van der Waals surface area contributed by atoms with Crippen molar-refractivity contribution < 1.29 is 30.0 Å². The minimum Gasteiger partial charge on any atom is -0.274 e. The number of nitrogens with zero attached hydrogens (tertiary/aromatic N) is 8. The molecule has 8 rings (SSSR count). The fourth-order valence-corrected chi connectivity index (χ4v) is 7.10. The van der Waals surface area contributed by atoms with Gasteiger partial charge in [-0.2, -0.15) is 13.2 Å². The number of rotatable bonds is 8. The molecular weight excluding hydrogens is 877 g/mol. The predicted octanol–water partition coefficient (Wildman–Crippen LogP) is 7.92. The van der Waals surface area contributed by atoms with Crippen LogP contribution < -0.4 is 10.3 Å². The van der Waals surface area contributed by atoms with Crippen molar-refractivity contribution in [3.8, 4) is 56.9 Å². The molecule has 310 valence electrons. The SMILES string of the molecule is Cc1cc(-c2ccc(Cl)cc2)nc(-n2cnc(-c3cccc(S(N)(=O)=O)c3)c2)n1.NS(=O)(=O)c1cccc(-c2cn(-c3nc(-c4ccc(Cl)cc4)cc(C(F)(F)F)n3)cn2)c1. The van der Waals surface area contributed by atoms with E-state index in [9.17, 15) is 30.0 Å². The molecule has 0 spiro atoms. The minimum absolute atomic E-state index is 0.0291. The highest BCUT2D eigenvalue weighted by Gasteiger charge is 2.34. The Morgan fingerprint density at radius 1 is 0.541 bits per heavy atom. The molecule has 0 saturated carbocycles. The standard InChI is InChI=1S/C20H13ClF3N5O2S.C20H16ClN5O2S/c21-14-6-4-12(5-7-14)16-9-18(20(22,23)24)28-19(27-16)29-10-17(26-11-29)13-2-1-3-15(8-13)32(25,30)31;1-13-9-18(14-5-7-16(21)8-6-14)25-20(24-13)26-11-19(23-12-26)15-3-2-4-17(10-15)29(22,27)28/h1-11H,(H2,25,30,31);2-12H,1H3,(H2,22,27,28). The molecule has 4 aromatic heterocycles. The molecule has 4 heterocycles. The van der Waals surface area contributed by atoms with Crippen LogP contribution in [0.2, 0.25) is 10.0 Å². The molecule has 0 atom stereocenters. The zero-order chi connectivity index (χ0) is 43.7. The van der Waals surface area contributed by atoms with Crippen molar-refractivity contribution >= 4 is 43.2 Å². The first-order valence-electron chi connectivity index (χ1n) is 17.5. The van der Waals surface area contributed by atoms with Gasteiger partial charge in [0.05, 0.1) is 32.6 Å². The number of halogens is 5. The van der Waals surface area contributed by atoms with Gasteiger partial charge >= 0.3 is 6.18 Å². The van der Waals surface area contributed by atoms with Crippen LogP contribution in [-0.2, 0) is 26.2 Å². The van der Waals surface area contributed by atoms with Crippen molar-refractivity contribution in [3.05, 3.63) is 156 Å². The average molecular weight is 906 g/mol. The molecule has 14 nitrogen and oxygen atoms in total. The van der Waals surface area contributed by atoms with Crippen LogP contribution in [0.25, 0.3) is 56.9 Å². The number of imidazole rings is 2. The lowest BCUT2D eigenvalue weighted by molar-refractivity contribution is -0.141. The van der Waals surface area contributed by atoms with Gasteiger partial charge in [-0.05, 0) is 67.6 Å². The molecule has 0 amide bonds. The highest BCUT2D eigenvalue weighted by atomic mass is 35.5. The van der Waals surface area contributed by atoms with Gasteiger partial charge in [0.2, 0.25) is 31.9 Å². The van der Waals surface area contributed by atoms with Crippen molar-refractivity contribution in [2.45, 2.75) is 22.9 Å². The Morgan fingerprint density at radius 2 is 0.967 bits per heavy atom. The first kappa shape index (κ1) is 42.8. The van der Waals surface area contributed by atoms with Crippen molar-refractivity contribution in [2.24, 2.45) is 10.3 Å². The van der Waals surface area contributed by atoms with E-state index in [1.165, 1.54) is 47.4 Å². The molecule has 0 bridgehead atoms. The molecular formula is C40H29Cl2F3N10O4S2. The molecule has 21 heteroatoms. The number of primary sulfonamides is 2. The van der Waals surface area contributed by atoms with Gasteiger partial charge in [-0.25, -0.2) is 57.0 Å². The molecule has 0 unspecified atom stereocenters. The van der Waals surface area contributed by atoms with Crippen molar-refractivity contribution in [1.29, 1.82) is 0 Å². The number of aryl methyl sites for hydroxylation is 1. The van der Waals surface area contributed by atoms with Crippen LogP contribution in [-0.4, -0.2) is 55.9 Å². The van der Waals surface area contributed by atoms with E-state index in [1.807, 2.05) is 37.3 Å². The molecule has 0 fully saturated rings. The van der Waals surface area contributed by atoms with E-state index in [-0.39, 0.29) is 21.4 Å². The number of hydrogen-bond acceptors (Lipinski definition) is 10. The number of alkyl halides is 3. The van der Waals surface area contributed by atoms with Crippen LogP contribution >= 0.6 is 23.2 Å². The van der Waals surface area contributed by atoms with E-state index >= 15 is 0 Å². The summed E-state index contributed by atoms with van der Waals surface area (Å²) in [7, 11) is -7.73. The summed E-state index contributed by atoms with van der Waals surface area (Å²) in [6, 6.07) is 28.3. The van der Waals surface area contributed by atoms with Gasteiger partial charge in [0, 0.05) is 50.4 Å². The molecule has 0 aliphatic heterocycles. The van der Waals surface area contributed by atoms with E-state index in [2.05, 4.69) is 29.9 Å². The Kier molecular flexibility index (Phi) is 11.9. The highest BCUT2D eigenvalue weighted by Crippen LogP contribution is 2.32. The Bertz CT molecular complexity index is 3130. The van der Waals surface area contributed by atoms with Crippen LogP contribution in [0.4, 0.5) is 13.2 Å². The van der Waals surface area contributed by atoms with Gasteiger partial charge in [-0.15, -0.1) is 0 Å². The van der Waals surface area contributed by atoms with E-state index in [4.69, 9.17) is 33.5 Å². The minimum atomic E-state index is -4.70. The van der Waals surface area contributed by atoms with Gasteiger partial charge in [0.1, 0.15) is 12.7 Å². The van der Waals surface area contributed by atoms with E-state index in [1.54, 1.807) is 59.6 Å². The Balaban J connectivity index is 0.000000185. The Labute approximate surface area is 356 Å². The maximum Gasteiger partial charge on any atom is 0.433 e. The normalized spacial score (nSPS) is 11.9. The van der Waals surface area contributed by atoms with Crippen LogP contribution in [0.5, 0.6) is 0 Å². The molecule has 8 aromatic rings. The van der Waals surface area contributed by atoms with Crippen molar-refractivity contribution in [1.82, 2.24) is 39.0 Å². The van der Waals surface area contributed by atoms with Gasteiger partial charge in [-0.3, -0.25) is 9.13 Å². The number of aromatic nitrogens is 8. The van der Waals surface area contributed by atoms with E-state index in [0.717, 1.165) is 23.0 Å². The predicted molar refractivity (Wildman–Crippen MR) is 223 cm³/mol. The third-order valence-electron chi connectivity index (χ3n) is 8.67. The lowest BCUT2D eigenvalue weighted by Gasteiger charge is -2.11. The van der Waals surface area contributed by atoms with Gasteiger partial charge in [-0.1, -0.05) is 71.7 Å². The zero-order valence-electron chi connectivity index (χ0n) is 31.3. The number of nitrogens with two attached hydrogens (primary N) is 2. The van der Waals surface area contributed by atoms with Crippen molar-refractivity contribution in [2.75, 3.05) is 0 Å². The first-order chi connectivity index (χ1) is 28.8. The number of sulfonamides is 2. The quantitative estimate of drug-likeness (QED) is 0.151. The van der Waals surface area contributed by atoms with Gasteiger partial charge in [0.15, 0.2) is 5.69 Å². The number of benzene rings is 4. The van der Waals surface area contributed by atoms with Gasteiger partial charge < -0.3 is 0 Å². The Morgan fingerprint density at radius 3 is 1.39 bits per heavy atom. The highest BCUT2D eigenvalue weighted by molar-refractivity contribution is 7.89. The number of hydrogen-bond donors (Lipinski definition) is 2. The lowest BCUT2D eigenvalue weighted by atomic mass is 10.1. The average Bonchev–Trinajstić information content (AvgIpc) is 3.93. The molecule has 0 aliphatic carbocycles. The van der Waals surface area contributed by atoms with Crippen LogP contribution in [0.3, 0.4) is 0 Å². The molecule has 0 aliphatic rings. The second-order valence-corrected chi connectivity index (χ2v) is 17.1. The monoisotopic (exact) mass is 904 g/mol. The summed E-state index contributed by atoms with van der Waals surface area (Å²) >= 11 is 11.8. The maximum absolute atomic E-state index is 13.5. The summed E-state index contributed by atoms with van der Waals surface area (Å²) < 4.78 is 89.7. The Hall–Kier alpha value is -6.35. The fourth-order valence-electron chi connectivity index (χ4n) is 5.73.